The van der Waals surface area contributed by atoms with Gasteiger partial charge in [0.1, 0.15) is 0 Å². The summed E-state index contributed by atoms with van der Waals surface area (Å²) in [7, 11) is 1.64. The van der Waals surface area contributed by atoms with Crippen molar-refractivity contribution in [2.24, 2.45) is 5.73 Å². The SMILES string of the molecule is COC[C@@H](C)c1ccccc1C(N)=O. The van der Waals surface area contributed by atoms with Gasteiger partial charge in [0.15, 0.2) is 0 Å². The number of hydrogen-bond donors (Lipinski definition) is 1. The number of methoxy groups -OCH3 is 1. The van der Waals surface area contributed by atoms with Crippen LogP contribution in [0, 0.1) is 0 Å². The Balaban J connectivity index is 3.00. The van der Waals surface area contributed by atoms with Crippen LogP contribution in [0.25, 0.3) is 0 Å². The molecule has 76 valence electrons. The number of benzene rings is 1. The Morgan fingerprint density at radius 1 is 1.50 bits per heavy atom. The molecule has 0 aromatic heterocycles. The van der Waals surface area contributed by atoms with Crippen molar-refractivity contribution in [3.63, 3.8) is 0 Å². The minimum absolute atomic E-state index is 0.184. The Labute approximate surface area is 83.9 Å². The summed E-state index contributed by atoms with van der Waals surface area (Å²) in [6.07, 6.45) is 0. The number of primary amides is 1. The van der Waals surface area contributed by atoms with Crippen molar-refractivity contribution < 1.29 is 9.53 Å². The van der Waals surface area contributed by atoms with E-state index in [0.717, 1.165) is 5.56 Å². The van der Waals surface area contributed by atoms with Crippen LogP contribution in [0.5, 0.6) is 0 Å². The van der Waals surface area contributed by atoms with Crippen molar-refractivity contribution in [3.8, 4) is 0 Å². The van der Waals surface area contributed by atoms with Crippen LogP contribution < -0.4 is 5.73 Å². The van der Waals surface area contributed by atoms with E-state index in [1.54, 1.807) is 13.2 Å². The van der Waals surface area contributed by atoms with Crippen LogP contribution in [-0.2, 0) is 4.74 Å². The fraction of sp³-hybridized carbons (Fsp3) is 0.364. The minimum atomic E-state index is -0.386. The van der Waals surface area contributed by atoms with Crippen molar-refractivity contribution in [1.82, 2.24) is 0 Å². The molecule has 1 rings (SSSR count). The van der Waals surface area contributed by atoms with E-state index >= 15 is 0 Å². The van der Waals surface area contributed by atoms with Gasteiger partial charge in [-0.1, -0.05) is 25.1 Å². The molecule has 1 amide bonds. The molecule has 0 aliphatic rings. The van der Waals surface area contributed by atoms with Crippen molar-refractivity contribution in [1.29, 1.82) is 0 Å². The summed E-state index contributed by atoms with van der Waals surface area (Å²) in [5, 5.41) is 0. The standard InChI is InChI=1S/C11H15NO2/c1-8(7-14-2)9-5-3-4-6-10(9)11(12)13/h3-6,8H,7H2,1-2H3,(H2,12,13)/t8-/m1/s1. The highest BCUT2D eigenvalue weighted by molar-refractivity contribution is 5.94. The first-order chi connectivity index (χ1) is 6.66. The highest BCUT2D eigenvalue weighted by atomic mass is 16.5. The molecule has 2 N–H and O–H groups in total. The monoisotopic (exact) mass is 193 g/mol. The van der Waals surface area contributed by atoms with Gasteiger partial charge in [0, 0.05) is 18.6 Å². The van der Waals surface area contributed by atoms with E-state index in [2.05, 4.69) is 0 Å². The van der Waals surface area contributed by atoms with Gasteiger partial charge in [-0.3, -0.25) is 4.79 Å². The third-order valence-corrected chi connectivity index (χ3v) is 2.17. The molecule has 1 atom stereocenters. The Morgan fingerprint density at radius 2 is 2.14 bits per heavy atom. The second-order valence-corrected chi connectivity index (χ2v) is 3.31. The van der Waals surface area contributed by atoms with Crippen LogP contribution in [-0.4, -0.2) is 19.6 Å². The zero-order valence-corrected chi connectivity index (χ0v) is 8.49. The zero-order chi connectivity index (χ0) is 10.6. The lowest BCUT2D eigenvalue weighted by atomic mass is 9.96. The van der Waals surface area contributed by atoms with Crippen LogP contribution in [0.3, 0.4) is 0 Å². The van der Waals surface area contributed by atoms with Gasteiger partial charge in [-0.15, -0.1) is 0 Å². The maximum absolute atomic E-state index is 11.1. The van der Waals surface area contributed by atoms with Gasteiger partial charge in [-0.05, 0) is 11.6 Å². The van der Waals surface area contributed by atoms with Crippen LogP contribution in [0.2, 0.25) is 0 Å². The smallest absolute Gasteiger partial charge is 0.248 e. The van der Waals surface area contributed by atoms with E-state index in [1.807, 2.05) is 25.1 Å². The molecule has 0 unspecified atom stereocenters. The number of hydrogen-bond acceptors (Lipinski definition) is 2. The van der Waals surface area contributed by atoms with E-state index in [0.29, 0.717) is 12.2 Å². The molecule has 0 bridgehead atoms. The van der Waals surface area contributed by atoms with Gasteiger partial charge in [-0.2, -0.15) is 0 Å². The molecule has 1 aromatic rings. The average molecular weight is 193 g/mol. The summed E-state index contributed by atoms with van der Waals surface area (Å²) >= 11 is 0. The summed E-state index contributed by atoms with van der Waals surface area (Å²) in [5.41, 5.74) is 6.80. The molecule has 0 heterocycles. The largest absolute Gasteiger partial charge is 0.384 e. The zero-order valence-electron chi connectivity index (χ0n) is 8.49. The van der Waals surface area contributed by atoms with E-state index in [4.69, 9.17) is 10.5 Å². The van der Waals surface area contributed by atoms with Gasteiger partial charge in [0.25, 0.3) is 0 Å². The number of carbonyl (C=O) groups excluding carboxylic acids is 1. The first-order valence-electron chi connectivity index (χ1n) is 4.54. The Hall–Kier alpha value is -1.35. The van der Waals surface area contributed by atoms with Crippen LogP contribution >= 0.6 is 0 Å². The van der Waals surface area contributed by atoms with E-state index in [1.165, 1.54) is 0 Å². The summed E-state index contributed by atoms with van der Waals surface area (Å²) in [6, 6.07) is 7.35. The lowest BCUT2D eigenvalue weighted by Gasteiger charge is -2.13. The van der Waals surface area contributed by atoms with Gasteiger partial charge in [-0.25, -0.2) is 0 Å². The first kappa shape index (κ1) is 10.7. The lowest BCUT2D eigenvalue weighted by molar-refractivity contribution is 0.0998. The third kappa shape index (κ3) is 2.33. The van der Waals surface area contributed by atoms with Crippen LogP contribution in [0.4, 0.5) is 0 Å². The summed E-state index contributed by atoms with van der Waals surface area (Å²) in [6.45, 7) is 2.59. The summed E-state index contributed by atoms with van der Waals surface area (Å²) in [4.78, 5) is 11.1. The molecule has 0 fully saturated rings. The predicted molar refractivity (Wildman–Crippen MR) is 55.3 cm³/mol. The fourth-order valence-electron chi connectivity index (χ4n) is 1.49. The lowest BCUT2D eigenvalue weighted by Crippen LogP contribution is -2.16. The Bertz CT molecular complexity index is 323. The third-order valence-electron chi connectivity index (χ3n) is 2.17. The molecular formula is C11H15NO2. The first-order valence-corrected chi connectivity index (χ1v) is 4.54. The topological polar surface area (TPSA) is 52.3 Å². The molecular weight excluding hydrogens is 178 g/mol. The van der Waals surface area contributed by atoms with Gasteiger partial charge < -0.3 is 10.5 Å². The number of rotatable bonds is 4. The second kappa shape index (κ2) is 4.77. The van der Waals surface area contributed by atoms with Crippen molar-refractivity contribution in [2.45, 2.75) is 12.8 Å². The average Bonchev–Trinajstić information content (AvgIpc) is 2.18. The maximum Gasteiger partial charge on any atom is 0.248 e. The van der Waals surface area contributed by atoms with E-state index in [-0.39, 0.29) is 11.8 Å². The van der Waals surface area contributed by atoms with Crippen LogP contribution in [0.15, 0.2) is 24.3 Å². The number of nitrogens with two attached hydrogens (primary N) is 1. The molecule has 0 saturated heterocycles. The molecule has 3 heteroatoms. The van der Waals surface area contributed by atoms with Crippen molar-refractivity contribution in [3.05, 3.63) is 35.4 Å². The highest BCUT2D eigenvalue weighted by Gasteiger charge is 2.12. The van der Waals surface area contributed by atoms with Crippen molar-refractivity contribution in [2.75, 3.05) is 13.7 Å². The van der Waals surface area contributed by atoms with E-state index in [9.17, 15) is 4.79 Å². The minimum Gasteiger partial charge on any atom is -0.384 e. The summed E-state index contributed by atoms with van der Waals surface area (Å²) in [5.74, 6) is -0.202. The highest BCUT2D eigenvalue weighted by Crippen LogP contribution is 2.19. The van der Waals surface area contributed by atoms with E-state index < -0.39 is 0 Å². The molecule has 1 aromatic carbocycles. The molecule has 14 heavy (non-hydrogen) atoms. The number of carbonyl (C=O) groups is 1. The van der Waals surface area contributed by atoms with Gasteiger partial charge >= 0.3 is 0 Å². The number of amides is 1. The second-order valence-electron chi connectivity index (χ2n) is 3.31. The molecule has 3 nitrogen and oxygen atoms in total. The molecule has 0 aliphatic heterocycles. The van der Waals surface area contributed by atoms with Crippen LogP contribution in [0.1, 0.15) is 28.8 Å². The van der Waals surface area contributed by atoms with Crippen molar-refractivity contribution >= 4 is 5.91 Å². The van der Waals surface area contributed by atoms with Gasteiger partial charge in [0.05, 0.1) is 6.61 Å². The van der Waals surface area contributed by atoms with Gasteiger partial charge in [0.2, 0.25) is 5.91 Å². The Morgan fingerprint density at radius 3 is 2.71 bits per heavy atom. The molecule has 0 saturated carbocycles. The summed E-state index contributed by atoms with van der Waals surface area (Å²) < 4.78 is 5.04. The quantitative estimate of drug-likeness (QED) is 0.788. The Kier molecular flexibility index (Phi) is 3.65. The maximum atomic E-state index is 11.1. The number of ether oxygens (including phenoxy) is 1. The molecule has 0 aliphatic carbocycles. The normalized spacial score (nSPS) is 12.4. The predicted octanol–water partition coefficient (Wildman–Crippen LogP) is 1.54. The fourth-order valence-corrected chi connectivity index (χ4v) is 1.49. The molecule has 0 radical (unpaired) electrons. The molecule has 0 spiro atoms.